The molecule has 0 fully saturated rings. The van der Waals surface area contributed by atoms with E-state index in [0.717, 1.165) is 21.7 Å². The van der Waals surface area contributed by atoms with E-state index >= 15 is 0 Å². The van der Waals surface area contributed by atoms with Gasteiger partial charge in [-0.1, -0.05) is 12.1 Å². The summed E-state index contributed by atoms with van der Waals surface area (Å²) in [5.74, 6) is -0.921. The van der Waals surface area contributed by atoms with Crippen LogP contribution in [0.2, 0.25) is 0 Å². The zero-order valence-corrected chi connectivity index (χ0v) is 9.92. The van der Waals surface area contributed by atoms with Crippen LogP contribution in [0, 0.1) is 0 Å². The molecule has 0 saturated heterocycles. The van der Waals surface area contributed by atoms with Crippen LogP contribution in [0.15, 0.2) is 35.0 Å². The molecule has 2 aromatic rings. The van der Waals surface area contributed by atoms with Crippen molar-refractivity contribution in [2.75, 3.05) is 0 Å². The first-order valence-electron chi connectivity index (χ1n) is 4.63. The molecular formula is C11H9NO2S2. The molecule has 0 unspecified atom stereocenters. The van der Waals surface area contributed by atoms with Crippen molar-refractivity contribution in [3.05, 3.63) is 40.1 Å². The van der Waals surface area contributed by atoms with Crippen LogP contribution in [0.1, 0.15) is 5.01 Å². The highest BCUT2D eigenvalue weighted by atomic mass is 32.1. The predicted octanol–water partition coefficient (Wildman–Crippen LogP) is 3.05. The normalized spacial score (nSPS) is 11.0. The maximum Gasteiger partial charge on any atom is 0.327 e. The molecule has 0 saturated carbocycles. The monoisotopic (exact) mass is 251 g/mol. The number of rotatable bonds is 4. The molecule has 0 bridgehead atoms. The molecule has 82 valence electrons. The van der Waals surface area contributed by atoms with E-state index in [9.17, 15) is 4.79 Å². The van der Waals surface area contributed by atoms with Crippen molar-refractivity contribution in [2.24, 2.45) is 0 Å². The van der Waals surface area contributed by atoms with Crippen LogP contribution >= 0.6 is 22.7 Å². The fraction of sp³-hybridized carbons (Fsp3) is 0.0909. The number of thiophene rings is 1. The van der Waals surface area contributed by atoms with Crippen LogP contribution in [-0.4, -0.2) is 16.1 Å². The van der Waals surface area contributed by atoms with Gasteiger partial charge in [0.15, 0.2) is 0 Å². The lowest BCUT2D eigenvalue weighted by Crippen LogP contribution is -1.87. The Morgan fingerprint density at radius 1 is 1.50 bits per heavy atom. The minimum absolute atomic E-state index is 0.572. The van der Waals surface area contributed by atoms with Crippen LogP contribution in [0.3, 0.4) is 0 Å². The third kappa shape index (κ3) is 2.77. The molecule has 0 amide bonds. The van der Waals surface area contributed by atoms with Crippen molar-refractivity contribution >= 4 is 28.6 Å². The number of nitrogens with zero attached hydrogens (tertiary/aromatic N) is 1. The Balaban J connectivity index is 2.06. The van der Waals surface area contributed by atoms with E-state index in [1.165, 1.54) is 0 Å². The SMILES string of the molecule is O=C(O)/C=C/Cc1nc(-c2cccs2)cs1. The van der Waals surface area contributed by atoms with Crippen molar-refractivity contribution < 1.29 is 9.90 Å². The molecule has 0 atom stereocenters. The minimum Gasteiger partial charge on any atom is -0.478 e. The predicted molar refractivity (Wildman–Crippen MR) is 65.9 cm³/mol. The van der Waals surface area contributed by atoms with Gasteiger partial charge >= 0.3 is 5.97 Å². The maximum atomic E-state index is 10.3. The van der Waals surface area contributed by atoms with Crippen LogP contribution < -0.4 is 0 Å². The van der Waals surface area contributed by atoms with Crippen molar-refractivity contribution in [1.82, 2.24) is 4.98 Å². The van der Waals surface area contributed by atoms with Gasteiger partial charge in [-0.15, -0.1) is 22.7 Å². The number of carbonyl (C=O) groups is 1. The van der Waals surface area contributed by atoms with Gasteiger partial charge in [0.1, 0.15) is 0 Å². The smallest absolute Gasteiger partial charge is 0.327 e. The van der Waals surface area contributed by atoms with E-state index in [-0.39, 0.29) is 0 Å². The maximum absolute atomic E-state index is 10.3. The number of carboxylic acid groups (broad SMARTS) is 1. The van der Waals surface area contributed by atoms with Gasteiger partial charge < -0.3 is 5.11 Å². The quantitative estimate of drug-likeness (QED) is 0.850. The number of allylic oxidation sites excluding steroid dienone is 1. The summed E-state index contributed by atoms with van der Waals surface area (Å²) in [5, 5.41) is 13.4. The van der Waals surface area contributed by atoms with Gasteiger partial charge in [0.05, 0.1) is 15.6 Å². The zero-order valence-electron chi connectivity index (χ0n) is 8.29. The molecule has 0 aliphatic carbocycles. The summed E-state index contributed by atoms with van der Waals surface area (Å²) in [4.78, 5) is 15.9. The summed E-state index contributed by atoms with van der Waals surface area (Å²) >= 11 is 3.20. The van der Waals surface area contributed by atoms with Crippen molar-refractivity contribution in [1.29, 1.82) is 0 Å². The Morgan fingerprint density at radius 2 is 2.38 bits per heavy atom. The van der Waals surface area contributed by atoms with Gasteiger partial charge in [-0.05, 0) is 11.4 Å². The van der Waals surface area contributed by atoms with Gasteiger partial charge in [-0.2, -0.15) is 0 Å². The molecule has 0 aliphatic rings. The topological polar surface area (TPSA) is 50.2 Å². The van der Waals surface area contributed by atoms with Crippen molar-refractivity contribution in [2.45, 2.75) is 6.42 Å². The largest absolute Gasteiger partial charge is 0.478 e. The highest BCUT2D eigenvalue weighted by molar-refractivity contribution is 7.14. The molecule has 2 heterocycles. The Labute approximate surface area is 101 Å². The fourth-order valence-corrected chi connectivity index (χ4v) is 2.73. The number of hydrogen-bond donors (Lipinski definition) is 1. The molecule has 2 aromatic heterocycles. The molecule has 0 aromatic carbocycles. The first kappa shape index (κ1) is 11.0. The van der Waals surface area contributed by atoms with E-state index in [4.69, 9.17) is 5.11 Å². The number of hydrogen-bond acceptors (Lipinski definition) is 4. The average molecular weight is 251 g/mol. The zero-order chi connectivity index (χ0) is 11.4. The minimum atomic E-state index is -0.921. The van der Waals surface area contributed by atoms with Crippen LogP contribution in [0.5, 0.6) is 0 Å². The van der Waals surface area contributed by atoms with E-state index in [2.05, 4.69) is 4.98 Å². The van der Waals surface area contributed by atoms with E-state index in [1.54, 1.807) is 28.7 Å². The first-order chi connectivity index (χ1) is 7.75. The van der Waals surface area contributed by atoms with Gasteiger partial charge in [-0.3, -0.25) is 0 Å². The van der Waals surface area contributed by atoms with Gasteiger partial charge in [0.2, 0.25) is 0 Å². The summed E-state index contributed by atoms with van der Waals surface area (Å²) in [6, 6.07) is 4.01. The molecule has 5 heteroatoms. The first-order valence-corrected chi connectivity index (χ1v) is 6.39. The molecule has 1 N–H and O–H groups in total. The Kier molecular flexibility index (Phi) is 3.48. The summed E-state index contributed by atoms with van der Waals surface area (Å²) in [6.07, 6.45) is 3.33. The molecular weight excluding hydrogens is 242 g/mol. The number of aliphatic carboxylic acids is 1. The lowest BCUT2D eigenvalue weighted by atomic mass is 10.3. The van der Waals surface area contributed by atoms with E-state index < -0.39 is 5.97 Å². The lowest BCUT2D eigenvalue weighted by molar-refractivity contribution is -0.131. The summed E-state index contributed by atoms with van der Waals surface area (Å²) in [7, 11) is 0. The highest BCUT2D eigenvalue weighted by Crippen LogP contribution is 2.26. The highest BCUT2D eigenvalue weighted by Gasteiger charge is 2.03. The van der Waals surface area contributed by atoms with Crippen molar-refractivity contribution in [3.63, 3.8) is 0 Å². The molecule has 2 rings (SSSR count). The standard InChI is InChI=1S/C11H9NO2S2/c13-11(14)5-1-4-10-12-8(7-16-10)9-3-2-6-15-9/h1-3,5-7H,4H2,(H,13,14)/b5-1+. The van der Waals surface area contributed by atoms with E-state index in [0.29, 0.717) is 6.42 Å². The third-order valence-corrected chi connectivity index (χ3v) is 3.64. The average Bonchev–Trinajstić information content (AvgIpc) is 2.85. The van der Waals surface area contributed by atoms with Crippen LogP contribution in [0.25, 0.3) is 10.6 Å². The molecule has 0 radical (unpaired) electrons. The summed E-state index contributed by atoms with van der Waals surface area (Å²) < 4.78 is 0. The molecule has 0 aliphatic heterocycles. The Hall–Kier alpha value is -1.46. The van der Waals surface area contributed by atoms with Gasteiger partial charge in [-0.25, -0.2) is 9.78 Å². The lowest BCUT2D eigenvalue weighted by Gasteiger charge is -1.88. The Morgan fingerprint density at radius 3 is 3.06 bits per heavy atom. The van der Waals surface area contributed by atoms with Gasteiger partial charge in [0.25, 0.3) is 0 Å². The molecule has 0 spiro atoms. The van der Waals surface area contributed by atoms with E-state index in [1.807, 2.05) is 22.9 Å². The molecule has 16 heavy (non-hydrogen) atoms. The summed E-state index contributed by atoms with van der Waals surface area (Å²) in [5.41, 5.74) is 0.971. The number of aromatic nitrogens is 1. The van der Waals surface area contributed by atoms with Gasteiger partial charge in [0, 0.05) is 17.9 Å². The second-order valence-electron chi connectivity index (χ2n) is 3.05. The second kappa shape index (κ2) is 5.05. The summed E-state index contributed by atoms with van der Waals surface area (Å²) in [6.45, 7) is 0. The number of carboxylic acids is 1. The van der Waals surface area contributed by atoms with Crippen LogP contribution in [-0.2, 0) is 11.2 Å². The van der Waals surface area contributed by atoms with Crippen LogP contribution in [0.4, 0.5) is 0 Å². The molecule has 3 nitrogen and oxygen atoms in total. The Bertz CT molecular complexity index is 500. The second-order valence-corrected chi connectivity index (χ2v) is 4.94. The fourth-order valence-electron chi connectivity index (χ4n) is 1.20. The number of thiazole rings is 1. The third-order valence-electron chi connectivity index (χ3n) is 1.88. The van der Waals surface area contributed by atoms with Crippen molar-refractivity contribution in [3.8, 4) is 10.6 Å².